The molecular formula is C19H21N5OS. The first-order valence-electron chi connectivity index (χ1n) is 8.77. The van der Waals surface area contributed by atoms with E-state index >= 15 is 0 Å². The maximum Gasteiger partial charge on any atom is 0.242 e. The van der Waals surface area contributed by atoms with Gasteiger partial charge in [-0.15, -0.1) is 11.3 Å². The molecule has 1 aliphatic rings. The van der Waals surface area contributed by atoms with Crippen molar-refractivity contribution in [3.05, 3.63) is 42.2 Å². The van der Waals surface area contributed by atoms with Crippen LogP contribution in [0.5, 0.6) is 0 Å². The number of thiophene rings is 1. The first kappa shape index (κ1) is 16.9. The van der Waals surface area contributed by atoms with Gasteiger partial charge in [0.2, 0.25) is 5.91 Å². The van der Waals surface area contributed by atoms with Crippen LogP contribution in [0, 0.1) is 6.92 Å². The molecule has 2 aromatic heterocycles. The maximum absolute atomic E-state index is 12.4. The SMILES string of the molecule is Cc1nc(NCC(=O)N2CCNCC2)c2cc(-c3ccccc3)sc2n1. The topological polar surface area (TPSA) is 70.2 Å². The van der Waals surface area contributed by atoms with Gasteiger partial charge in [0.15, 0.2) is 0 Å². The number of fused-ring (bicyclic) bond motifs is 1. The third-order valence-corrected chi connectivity index (χ3v) is 5.52. The molecule has 0 unspecified atom stereocenters. The zero-order valence-electron chi connectivity index (χ0n) is 14.7. The van der Waals surface area contributed by atoms with Crippen LogP contribution in [-0.2, 0) is 4.79 Å². The van der Waals surface area contributed by atoms with Gasteiger partial charge in [-0.1, -0.05) is 30.3 Å². The summed E-state index contributed by atoms with van der Waals surface area (Å²) in [7, 11) is 0. The molecule has 0 atom stereocenters. The molecule has 4 rings (SSSR count). The van der Waals surface area contributed by atoms with E-state index in [1.54, 1.807) is 11.3 Å². The number of amides is 1. The molecule has 6 nitrogen and oxygen atoms in total. The highest BCUT2D eigenvalue weighted by molar-refractivity contribution is 7.21. The fourth-order valence-corrected chi connectivity index (χ4v) is 4.18. The largest absolute Gasteiger partial charge is 0.360 e. The van der Waals surface area contributed by atoms with Crippen molar-refractivity contribution in [1.82, 2.24) is 20.2 Å². The molecular weight excluding hydrogens is 346 g/mol. The Morgan fingerprint density at radius 2 is 2.00 bits per heavy atom. The van der Waals surface area contributed by atoms with E-state index in [9.17, 15) is 4.79 Å². The Kier molecular flexibility index (Phi) is 4.81. The van der Waals surface area contributed by atoms with E-state index in [1.165, 1.54) is 0 Å². The molecule has 1 aliphatic heterocycles. The minimum atomic E-state index is 0.106. The van der Waals surface area contributed by atoms with E-state index in [2.05, 4.69) is 38.8 Å². The van der Waals surface area contributed by atoms with E-state index in [4.69, 9.17) is 0 Å². The molecule has 0 spiro atoms. The molecule has 134 valence electrons. The summed E-state index contributed by atoms with van der Waals surface area (Å²) in [4.78, 5) is 25.5. The fourth-order valence-electron chi connectivity index (χ4n) is 3.09. The number of nitrogens with zero attached hydrogens (tertiary/aromatic N) is 3. The van der Waals surface area contributed by atoms with Gasteiger partial charge in [-0.05, 0) is 18.6 Å². The van der Waals surface area contributed by atoms with Crippen molar-refractivity contribution in [2.45, 2.75) is 6.92 Å². The Balaban J connectivity index is 1.58. The third-order valence-electron chi connectivity index (χ3n) is 4.44. The minimum Gasteiger partial charge on any atom is -0.360 e. The van der Waals surface area contributed by atoms with E-state index in [0.717, 1.165) is 52.7 Å². The third kappa shape index (κ3) is 3.54. The zero-order valence-corrected chi connectivity index (χ0v) is 15.5. The lowest BCUT2D eigenvalue weighted by molar-refractivity contribution is -0.129. The number of carbonyl (C=O) groups is 1. The number of nitrogens with one attached hydrogen (secondary N) is 2. The van der Waals surface area contributed by atoms with E-state index < -0.39 is 0 Å². The van der Waals surface area contributed by atoms with Gasteiger partial charge >= 0.3 is 0 Å². The highest BCUT2D eigenvalue weighted by Gasteiger charge is 2.17. The Morgan fingerprint density at radius 3 is 2.77 bits per heavy atom. The van der Waals surface area contributed by atoms with Crippen molar-refractivity contribution in [1.29, 1.82) is 0 Å². The molecule has 26 heavy (non-hydrogen) atoms. The molecule has 0 radical (unpaired) electrons. The quantitative estimate of drug-likeness (QED) is 0.741. The molecule has 2 N–H and O–H groups in total. The Hall–Kier alpha value is -2.51. The Labute approximate surface area is 156 Å². The number of carbonyl (C=O) groups excluding carboxylic acids is 1. The van der Waals surface area contributed by atoms with Gasteiger partial charge in [-0.25, -0.2) is 9.97 Å². The second kappa shape index (κ2) is 7.39. The number of anilines is 1. The van der Waals surface area contributed by atoms with E-state index in [1.807, 2.05) is 30.0 Å². The summed E-state index contributed by atoms with van der Waals surface area (Å²) in [5, 5.41) is 7.46. The van der Waals surface area contributed by atoms with Crippen LogP contribution in [0.25, 0.3) is 20.7 Å². The molecule has 0 saturated carbocycles. The summed E-state index contributed by atoms with van der Waals surface area (Å²) in [5.41, 5.74) is 1.16. The average Bonchev–Trinajstić information content (AvgIpc) is 3.11. The average molecular weight is 367 g/mol. The van der Waals surface area contributed by atoms with E-state index in [-0.39, 0.29) is 12.5 Å². The Bertz CT molecular complexity index is 918. The van der Waals surface area contributed by atoms with Crippen LogP contribution in [0.3, 0.4) is 0 Å². The molecule has 7 heteroatoms. The lowest BCUT2D eigenvalue weighted by Gasteiger charge is -2.27. The number of hydrogen-bond acceptors (Lipinski definition) is 6. The molecule has 1 amide bonds. The normalized spacial score (nSPS) is 14.6. The predicted octanol–water partition coefficient (Wildman–Crippen LogP) is 2.51. The number of piperazine rings is 1. The lowest BCUT2D eigenvalue weighted by Crippen LogP contribution is -2.48. The van der Waals surface area contributed by atoms with E-state index in [0.29, 0.717) is 5.82 Å². The highest BCUT2D eigenvalue weighted by atomic mass is 32.1. The molecule has 1 saturated heterocycles. The molecule has 1 fully saturated rings. The molecule has 3 heterocycles. The number of benzene rings is 1. The van der Waals surface area contributed by atoms with Crippen molar-refractivity contribution < 1.29 is 4.79 Å². The molecule has 0 bridgehead atoms. The standard InChI is InChI=1S/C19H21N5OS/c1-13-22-18(21-12-17(25)24-9-7-20-8-10-24)15-11-16(26-19(15)23-13)14-5-3-2-4-6-14/h2-6,11,20H,7-10,12H2,1H3,(H,21,22,23). The number of hydrogen-bond donors (Lipinski definition) is 2. The molecule has 0 aliphatic carbocycles. The molecule has 3 aromatic rings. The minimum absolute atomic E-state index is 0.106. The van der Waals surface area contributed by atoms with Gasteiger partial charge in [0.1, 0.15) is 16.5 Å². The van der Waals surface area contributed by atoms with Crippen LogP contribution in [-0.4, -0.2) is 53.5 Å². The van der Waals surface area contributed by atoms with Crippen LogP contribution in [0.4, 0.5) is 5.82 Å². The zero-order chi connectivity index (χ0) is 17.9. The summed E-state index contributed by atoms with van der Waals surface area (Å²) in [5.74, 6) is 1.54. The summed E-state index contributed by atoms with van der Waals surface area (Å²) >= 11 is 1.65. The van der Waals surface area contributed by atoms with Crippen molar-refractivity contribution in [3.8, 4) is 10.4 Å². The second-order valence-electron chi connectivity index (χ2n) is 6.30. The van der Waals surface area contributed by atoms with Gasteiger partial charge in [-0.2, -0.15) is 0 Å². The summed E-state index contributed by atoms with van der Waals surface area (Å²) in [6.07, 6.45) is 0. The fraction of sp³-hybridized carbons (Fsp3) is 0.316. The van der Waals surface area contributed by atoms with Crippen molar-refractivity contribution in [3.63, 3.8) is 0 Å². The Morgan fingerprint density at radius 1 is 1.23 bits per heavy atom. The number of aromatic nitrogens is 2. The van der Waals surface area contributed by atoms with Crippen LogP contribution in [0.15, 0.2) is 36.4 Å². The van der Waals surface area contributed by atoms with Gasteiger partial charge in [0.05, 0.1) is 11.9 Å². The van der Waals surface area contributed by atoms with Gasteiger partial charge < -0.3 is 15.5 Å². The van der Waals surface area contributed by atoms with Crippen molar-refractivity contribution in [2.75, 3.05) is 38.0 Å². The van der Waals surface area contributed by atoms with Gasteiger partial charge in [0, 0.05) is 31.1 Å². The predicted molar refractivity (Wildman–Crippen MR) is 106 cm³/mol. The summed E-state index contributed by atoms with van der Waals surface area (Å²) in [6, 6.07) is 12.4. The second-order valence-corrected chi connectivity index (χ2v) is 7.33. The smallest absolute Gasteiger partial charge is 0.242 e. The van der Waals surface area contributed by atoms with Gasteiger partial charge in [-0.3, -0.25) is 4.79 Å². The summed E-state index contributed by atoms with van der Waals surface area (Å²) in [6.45, 7) is 5.36. The maximum atomic E-state index is 12.4. The van der Waals surface area contributed by atoms with Gasteiger partial charge in [0.25, 0.3) is 0 Å². The van der Waals surface area contributed by atoms with Crippen LogP contribution >= 0.6 is 11.3 Å². The highest BCUT2D eigenvalue weighted by Crippen LogP contribution is 2.35. The first-order chi connectivity index (χ1) is 12.7. The van der Waals surface area contributed by atoms with Crippen molar-refractivity contribution in [2.24, 2.45) is 0 Å². The lowest BCUT2D eigenvalue weighted by atomic mass is 10.2. The summed E-state index contributed by atoms with van der Waals surface area (Å²) < 4.78 is 0. The van der Waals surface area contributed by atoms with Crippen molar-refractivity contribution >= 4 is 33.3 Å². The van der Waals surface area contributed by atoms with Crippen LogP contribution in [0.2, 0.25) is 0 Å². The van der Waals surface area contributed by atoms with Crippen LogP contribution in [0.1, 0.15) is 5.82 Å². The molecule has 1 aromatic carbocycles. The monoisotopic (exact) mass is 367 g/mol. The number of aryl methyl sites for hydroxylation is 1. The first-order valence-corrected chi connectivity index (χ1v) is 9.58. The number of rotatable bonds is 4. The van der Waals surface area contributed by atoms with Crippen LogP contribution < -0.4 is 10.6 Å².